The SMILES string of the molecule is C[C@@H](CC(=O)O)NC(=O)c1ccc(-c2nc3ccc(C4(c5ccccc5)CC4)nc3s2)c(F)c1.C[C@H](CC(=O)O)NC(=O)c1ccc(-c2nc3ccc(C4(c5ccccc5)CC4)nc3s2)c(F)c1. The lowest BCUT2D eigenvalue weighted by molar-refractivity contribution is -0.138. The molecular weight excluding hydrogens is 907 g/mol. The first-order chi connectivity index (χ1) is 32.7. The average molecular weight is 951 g/mol. The number of benzene rings is 4. The Bertz CT molecular complexity index is 3010. The van der Waals surface area contributed by atoms with E-state index < -0.39 is 47.5 Å². The minimum atomic E-state index is -1.02. The monoisotopic (exact) mass is 950 g/mol. The summed E-state index contributed by atoms with van der Waals surface area (Å²) in [6.45, 7) is 3.17. The molecule has 0 radical (unpaired) electrons. The number of carboxylic acid groups (broad SMARTS) is 2. The molecule has 0 saturated heterocycles. The van der Waals surface area contributed by atoms with E-state index in [9.17, 15) is 28.0 Å². The Balaban J connectivity index is 0.000000170. The second kappa shape index (κ2) is 18.8. The second-order valence-electron chi connectivity index (χ2n) is 17.3. The van der Waals surface area contributed by atoms with Gasteiger partial charge in [0.1, 0.15) is 42.3 Å². The Morgan fingerprint density at radius 1 is 0.559 bits per heavy atom. The predicted molar refractivity (Wildman–Crippen MR) is 257 cm³/mol. The quantitative estimate of drug-likeness (QED) is 0.0818. The Labute approximate surface area is 397 Å². The molecule has 2 fully saturated rings. The normalized spacial score (nSPS) is 15.1. The zero-order valence-electron chi connectivity index (χ0n) is 36.8. The van der Waals surface area contributed by atoms with Crippen molar-refractivity contribution in [2.45, 2.75) is 75.3 Å². The van der Waals surface area contributed by atoms with Crippen LogP contribution in [0, 0.1) is 11.6 Å². The number of aliphatic carboxylic acids is 2. The molecule has 0 aliphatic heterocycles. The van der Waals surface area contributed by atoms with E-state index in [2.05, 4.69) is 44.9 Å². The number of hydrogen-bond acceptors (Lipinski definition) is 10. The van der Waals surface area contributed by atoms with E-state index in [0.29, 0.717) is 32.2 Å². The fourth-order valence-corrected chi connectivity index (χ4v) is 10.4. The first kappa shape index (κ1) is 45.8. The first-order valence-corrected chi connectivity index (χ1v) is 23.7. The van der Waals surface area contributed by atoms with Gasteiger partial charge in [-0.1, -0.05) is 83.3 Å². The molecule has 344 valence electrons. The largest absolute Gasteiger partial charge is 0.481 e. The van der Waals surface area contributed by atoms with Crippen molar-refractivity contribution in [2.24, 2.45) is 0 Å². The summed E-state index contributed by atoms with van der Waals surface area (Å²) < 4.78 is 29.9. The van der Waals surface area contributed by atoms with Crippen molar-refractivity contribution in [1.82, 2.24) is 30.6 Å². The van der Waals surface area contributed by atoms with Crippen molar-refractivity contribution in [3.8, 4) is 21.1 Å². The number of halogens is 2. The fraction of sp³-hybridized carbons (Fsp3) is 0.231. The van der Waals surface area contributed by atoms with Gasteiger partial charge < -0.3 is 20.8 Å². The fourth-order valence-electron chi connectivity index (χ4n) is 8.45. The van der Waals surface area contributed by atoms with Crippen LogP contribution in [0.1, 0.15) is 95.6 Å². The number of nitrogens with one attached hydrogen (secondary N) is 2. The van der Waals surface area contributed by atoms with Crippen molar-refractivity contribution in [3.63, 3.8) is 0 Å². The molecule has 0 unspecified atom stereocenters. The van der Waals surface area contributed by atoms with Crippen molar-refractivity contribution >= 4 is 67.1 Å². The maximum atomic E-state index is 14.9. The van der Waals surface area contributed by atoms with Gasteiger partial charge in [-0.3, -0.25) is 19.2 Å². The number of thiazole rings is 2. The number of carbonyl (C=O) groups is 4. The Hall–Kier alpha value is -7.30. The molecule has 4 aromatic carbocycles. The van der Waals surface area contributed by atoms with Gasteiger partial charge in [0, 0.05) is 45.2 Å². The van der Waals surface area contributed by atoms with Gasteiger partial charge >= 0.3 is 11.9 Å². The molecule has 8 aromatic rings. The van der Waals surface area contributed by atoms with Crippen LogP contribution in [-0.4, -0.2) is 66.0 Å². The zero-order chi connectivity index (χ0) is 47.7. The molecular formula is C52H44F2N6O6S2. The molecule has 68 heavy (non-hydrogen) atoms. The highest BCUT2D eigenvalue weighted by molar-refractivity contribution is 7.21. The van der Waals surface area contributed by atoms with Crippen molar-refractivity contribution in [1.29, 1.82) is 0 Å². The van der Waals surface area contributed by atoms with Crippen LogP contribution >= 0.6 is 22.7 Å². The molecule has 0 bridgehead atoms. The first-order valence-electron chi connectivity index (χ1n) is 22.0. The molecule has 4 aromatic heterocycles. The van der Waals surface area contributed by atoms with Crippen molar-refractivity contribution in [2.75, 3.05) is 0 Å². The van der Waals surface area contributed by atoms with E-state index >= 15 is 0 Å². The van der Waals surface area contributed by atoms with Crippen LogP contribution in [0.25, 0.3) is 41.8 Å². The van der Waals surface area contributed by atoms with Crippen LogP contribution in [0.2, 0.25) is 0 Å². The Morgan fingerprint density at radius 2 is 0.941 bits per heavy atom. The lowest BCUT2D eigenvalue weighted by Crippen LogP contribution is -2.34. The van der Waals surface area contributed by atoms with Gasteiger partial charge in [0.15, 0.2) is 0 Å². The topological polar surface area (TPSA) is 184 Å². The number of pyridine rings is 2. The van der Waals surface area contributed by atoms with Gasteiger partial charge in [0.25, 0.3) is 11.8 Å². The summed E-state index contributed by atoms with van der Waals surface area (Å²) in [7, 11) is 0. The molecule has 2 aliphatic carbocycles. The van der Waals surface area contributed by atoms with Crippen LogP contribution in [0.3, 0.4) is 0 Å². The van der Waals surface area contributed by atoms with Crippen LogP contribution in [-0.2, 0) is 20.4 Å². The molecule has 0 spiro atoms. The van der Waals surface area contributed by atoms with E-state index in [-0.39, 0.29) is 34.8 Å². The van der Waals surface area contributed by atoms with Gasteiger partial charge in [0.2, 0.25) is 0 Å². The van der Waals surface area contributed by atoms with E-state index in [1.807, 2.05) is 60.7 Å². The smallest absolute Gasteiger partial charge is 0.305 e. The van der Waals surface area contributed by atoms with E-state index in [0.717, 1.165) is 58.9 Å². The predicted octanol–water partition coefficient (Wildman–Crippen LogP) is 10.3. The van der Waals surface area contributed by atoms with Crippen molar-refractivity contribution < 1.29 is 38.2 Å². The number of amides is 2. The number of carboxylic acids is 2. The van der Waals surface area contributed by atoms with E-state index in [1.165, 1.54) is 58.1 Å². The maximum Gasteiger partial charge on any atom is 0.305 e. The standard InChI is InChI=1S/2C26H22FN3O3S/c2*1-15(13-22(31)32)28-23(33)16-7-8-18(19(27)14-16)24-29-20-9-10-21(30-25(20)34-24)26(11-12-26)17-5-3-2-4-6-17/h2*2-10,14-15H,11-13H2,1H3,(H,28,33)(H,31,32)/t2*15-/m10/s1. The summed E-state index contributed by atoms with van der Waals surface area (Å²) in [5, 5.41) is 23.8. The van der Waals surface area contributed by atoms with Gasteiger partial charge in [-0.25, -0.2) is 28.7 Å². The third-order valence-electron chi connectivity index (χ3n) is 12.3. The summed E-state index contributed by atoms with van der Waals surface area (Å²) in [4.78, 5) is 66.6. The van der Waals surface area contributed by atoms with Gasteiger partial charge in [-0.05, 0) is 111 Å². The lowest BCUT2D eigenvalue weighted by atomic mass is 9.92. The van der Waals surface area contributed by atoms with Crippen LogP contribution in [0.15, 0.2) is 121 Å². The number of rotatable bonds is 14. The van der Waals surface area contributed by atoms with Crippen LogP contribution < -0.4 is 10.6 Å². The van der Waals surface area contributed by atoms with Crippen LogP contribution in [0.4, 0.5) is 8.78 Å². The molecule has 2 amide bonds. The Kier molecular flexibility index (Phi) is 12.6. The van der Waals surface area contributed by atoms with Gasteiger partial charge in [0.05, 0.1) is 24.2 Å². The maximum absolute atomic E-state index is 14.9. The second-order valence-corrected chi connectivity index (χ2v) is 19.3. The lowest BCUT2D eigenvalue weighted by Gasteiger charge is -2.14. The van der Waals surface area contributed by atoms with Crippen molar-refractivity contribution in [3.05, 3.63) is 167 Å². The molecule has 4 N–H and O–H groups in total. The van der Waals surface area contributed by atoms with Crippen LogP contribution in [0.5, 0.6) is 0 Å². The minimum absolute atomic E-state index is 0.0579. The summed E-state index contributed by atoms with van der Waals surface area (Å²) in [5.74, 6) is -4.21. The number of hydrogen-bond donors (Lipinski definition) is 4. The van der Waals surface area contributed by atoms with E-state index in [4.69, 9.17) is 20.2 Å². The zero-order valence-corrected chi connectivity index (χ0v) is 38.5. The van der Waals surface area contributed by atoms with Gasteiger partial charge in [-0.2, -0.15) is 0 Å². The molecule has 2 aliphatic rings. The summed E-state index contributed by atoms with van der Waals surface area (Å²) in [6, 6.07) is 35.8. The number of fused-ring (bicyclic) bond motifs is 2. The summed E-state index contributed by atoms with van der Waals surface area (Å²) in [5.41, 5.74) is 6.65. The highest BCUT2D eigenvalue weighted by Gasteiger charge is 2.48. The number of nitrogens with zero attached hydrogens (tertiary/aromatic N) is 4. The molecule has 2 saturated carbocycles. The molecule has 2 atom stereocenters. The van der Waals surface area contributed by atoms with Gasteiger partial charge in [-0.15, -0.1) is 0 Å². The minimum Gasteiger partial charge on any atom is -0.481 e. The number of carbonyl (C=O) groups excluding carboxylic acids is 2. The molecule has 4 heterocycles. The Morgan fingerprint density at radius 3 is 1.28 bits per heavy atom. The molecule has 12 nitrogen and oxygen atoms in total. The summed E-state index contributed by atoms with van der Waals surface area (Å²) >= 11 is 2.64. The highest BCUT2D eigenvalue weighted by atomic mass is 32.1. The summed E-state index contributed by atoms with van der Waals surface area (Å²) in [6.07, 6.45) is 3.76. The third-order valence-corrected chi connectivity index (χ3v) is 14.3. The third kappa shape index (κ3) is 9.60. The highest BCUT2D eigenvalue weighted by Crippen LogP contribution is 2.54. The van der Waals surface area contributed by atoms with E-state index in [1.54, 1.807) is 13.8 Å². The number of aromatic nitrogens is 4. The average Bonchev–Trinajstić information content (AvgIpc) is 4.23. The molecule has 10 rings (SSSR count). The molecule has 16 heteroatoms.